The summed E-state index contributed by atoms with van der Waals surface area (Å²) in [6, 6.07) is 19.3. The van der Waals surface area contributed by atoms with Crippen molar-refractivity contribution < 1.29 is 13.9 Å². The molecule has 0 unspecified atom stereocenters. The molecule has 30 heavy (non-hydrogen) atoms. The lowest BCUT2D eigenvalue weighted by Crippen LogP contribution is -2.21. The second kappa shape index (κ2) is 10.5. The van der Waals surface area contributed by atoms with E-state index in [1.807, 2.05) is 36.4 Å². The van der Waals surface area contributed by atoms with Crippen LogP contribution in [0.5, 0.6) is 5.75 Å². The lowest BCUT2D eigenvalue weighted by atomic mass is 10.1. The van der Waals surface area contributed by atoms with Crippen LogP contribution in [0.2, 0.25) is 0 Å². The molecule has 0 bridgehead atoms. The van der Waals surface area contributed by atoms with Gasteiger partial charge in [-0.05, 0) is 74.4 Å². The van der Waals surface area contributed by atoms with Gasteiger partial charge in [-0.15, -0.1) is 0 Å². The van der Waals surface area contributed by atoms with Crippen molar-refractivity contribution in [2.45, 2.75) is 40.2 Å². The molecule has 0 saturated carbocycles. The van der Waals surface area contributed by atoms with Crippen LogP contribution in [-0.4, -0.2) is 19.0 Å². The molecule has 5 heteroatoms. The molecule has 3 rings (SSSR count). The van der Waals surface area contributed by atoms with Crippen LogP contribution < -0.4 is 15.0 Å². The summed E-state index contributed by atoms with van der Waals surface area (Å²) < 4.78 is 11.4. The fraction of sp³-hybridized carbons (Fsp3) is 0.320. The van der Waals surface area contributed by atoms with E-state index in [0.29, 0.717) is 5.76 Å². The first-order valence-electron chi connectivity index (χ1n) is 10.6. The number of nitrogens with one attached hydrogen (secondary N) is 1. The van der Waals surface area contributed by atoms with Crippen LogP contribution in [0, 0.1) is 0 Å². The second-order valence-corrected chi connectivity index (χ2v) is 7.12. The minimum absolute atomic E-state index is 0.264. The van der Waals surface area contributed by atoms with Crippen molar-refractivity contribution in [2.75, 3.05) is 23.3 Å². The number of aryl methyl sites for hydroxylation is 1. The summed E-state index contributed by atoms with van der Waals surface area (Å²) in [6.07, 6.45) is 2.19. The third-order valence-electron chi connectivity index (χ3n) is 4.98. The molecule has 1 heterocycles. The summed E-state index contributed by atoms with van der Waals surface area (Å²) >= 11 is 0. The molecule has 5 nitrogen and oxygen atoms in total. The van der Waals surface area contributed by atoms with E-state index in [0.717, 1.165) is 43.1 Å². The zero-order chi connectivity index (χ0) is 21.3. The zero-order valence-electron chi connectivity index (χ0n) is 18.0. The Kier molecular flexibility index (Phi) is 7.55. The minimum atomic E-state index is -0.277. The van der Waals surface area contributed by atoms with Crippen LogP contribution in [-0.2, 0) is 13.0 Å². The van der Waals surface area contributed by atoms with Crippen LogP contribution in [0.15, 0.2) is 65.1 Å². The number of nitrogens with zero attached hydrogens (tertiary/aromatic N) is 1. The number of furan rings is 1. The van der Waals surface area contributed by atoms with Gasteiger partial charge in [-0.3, -0.25) is 4.79 Å². The minimum Gasteiger partial charge on any atom is -0.486 e. The molecule has 0 spiro atoms. The standard InChI is InChI=1S/C25H30N2O3/c1-4-7-19-8-14-22(15-9-19)29-18-23-16-17-24(30-23)25(28)26-20-10-12-21(13-11-20)27(5-2)6-3/h8-17H,4-7,18H2,1-3H3,(H,26,28). The highest BCUT2D eigenvalue weighted by Crippen LogP contribution is 2.20. The van der Waals surface area contributed by atoms with Gasteiger partial charge in [0.25, 0.3) is 5.91 Å². The molecule has 0 radical (unpaired) electrons. The maximum atomic E-state index is 12.5. The number of hydrogen-bond donors (Lipinski definition) is 1. The van der Waals surface area contributed by atoms with Crippen molar-refractivity contribution in [2.24, 2.45) is 0 Å². The van der Waals surface area contributed by atoms with Gasteiger partial charge in [0.15, 0.2) is 5.76 Å². The molecule has 0 aliphatic rings. The molecular weight excluding hydrogens is 376 g/mol. The molecule has 1 N–H and O–H groups in total. The van der Waals surface area contributed by atoms with Gasteiger partial charge in [-0.1, -0.05) is 25.5 Å². The summed E-state index contributed by atoms with van der Waals surface area (Å²) in [4.78, 5) is 14.7. The summed E-state index contributed by atoms with van der Waals surface area (Å²) in [5, 5.41) is 2.87. The summed E-state index contributed by atoms with van der Waals surface area (Å²) in [5.41, 5.74) is 3.17. The average molecular weight is 407 g/mol. The van der Waals surface area contributed by atoms with Crippen molar-refractivity contribution in [3.05, 3.63) is 77.7 Å². The van der Waals surface area contributed by atoms with Crippen molar-refractivity contribution >= 4 is 17.3 Å². The number of hydrogen-bond acceptors (Lipinski definition) is 4. The van der Waals surface area contributed by atoms with E-state index in [1.165, 1.54) is 5.56 Å². The molecular formula is C25H30N2O3. The largest absolute Gasteiger partial charge is 0.486 e. The predicted molar refractivity (Wildman–Crippen MR) is 121 cm³/mol. The fourth-order valence-electron chi connectivity index (χ4n) is 3.31. The highest BCUT2D eigenvalue weighted by Gasteiger charge is 2.12. The topological polar surface area (TPSA) is 54.7 Å². The lowest BCUT2D eigenvalue weighted by molar-refractivity contribution is 0.0992. The highest BCUT2D eigenvalue weighted by atomic mass is 16.5. The van der Waals surface area contributed by atoms with Gasteiger partial charge in [0.1, 0.15) is 18.1 Å². The van der Waals surface area contributed by atoms with E-state index in [-0.39, 0.29) is 18.3 Å². The van der Waals surface area contributed by atoms with E-state index < -0.39 is 0 Å². The molecule has 0 fully saturated rings. The number of amides is 1. The molecule has 1 aromatic heterocycles. The summed E-state index contributed by atoms with van der Waals surface area (Å²) in [5.74, 6) is 1.38. The molecule has 0 aliphatic heterocycles. The first-order valence-corrected chi connectivity index (χ1v) is 10.6. The number of carbonyl (C=O) groups is 1. The molecule has 1 amide bonds. The maximum absolute atomic E-state index is 12.5. The lowest BCUT2D eigenvalue weighted by Gasteiger charge is -2.21. The molecule has 0 saturated heterocycles. The van der Waals surface area contributed by atoms with E-state index in [1.54, 1.807) is 12.1 Å². The number of carbonyl (C=O) groups excluding carboxylic acids is 1. The highest BCUT2D eigenvalue weighted by molar-refractivity contribution is 6.02. The van der Waals surface area contributed by atoms with Gasteiger partial charge in [0.05, 0.1) is 0 Å². The van der Waals surface area contributed by atoms with E-state index in [2.05, 4.69) is 43.1 Å². The number of anilines is 2. The van der Waals surface area contributed by atoms with Crippen LogP contribution in [0.1, 0.15) is 49.1 Å². The second-order valence-electron chi connectivity index (χ2n) is 7.12. The maximum Gasteiger partial charge on any atom is 0.291 e. The smallest absolute Gasteiger partial charge is 0.291 e. The number of benzene rings is 2. The van der Waals surface area contributed by atoms with Crippen molar-refractivity contribution in [1.82, 2.24) is 0 Å². The first kappa shape index (κ1) is 21.5. The molecule has 158 valence electrons. The third kappa shape index (κ3) is 5.66. The average Bonchev–Trinajstić information content (AvgIpc) is 3.25. The van der Waals surface area contributed by atoms with Crippen molar-refractivity contribution in [3.8, 4) is 5.75 Å². The Labute approximate surface area is 178 Å². The predicted octanol–water partition coefficient (Wildman–Crippen LogP) is 5.91. The number of rotatable bonds is 10. The van der Waals surface area contributed by atoms with Crippen LogP contribution in [0.4, 0.5) is 11.4 Å². The quantitative estimate of drug-likeness (QED) is 0.455. The first-order chi connectivity index (χ1) is 14.6. The Morgan fingerprint density at radius 2 is 1.63 bits per heavy atom. The zero-order valence-corrected chi connectivity index (χ0v) is 18.0. The van der Waals surface area contributed by atoms with Gasteiger partial charge in [-0.2, -0.15) is 0 Å². The van der Waals surface area contributed by atoms with Crippen LogP contribution in [0.3, 0.4) is 0 Å². The van der Waals surface area contributed by atoms with Gasteiger partial charge in [0.2, 0.25) is 0 Å². The van der Waals surface area contributed by atoms with Crippen LogP contribution in [0.25, 0.3) is 0 Å². The molecule has 2 aromatic carbocycles. The molecule has 0 aliphatic carbocycles. The third-order valence-corrected chi connectivity index (χ3v) is 4.98. The fourth-order valence-corrected chi connectivity index (χ4v) is 3.31. The SMILES string of the molecule is CCCc1ccc(OCc2ccc(C(=O)Nc3ccc(N(CC)CC)cc3)o2)cc1. The Morgan fingerprint density at radius 3 is 2.27 bits per heavy atom. The monoisotopic (exact) mass is 406 g/mol. The normalized spacial score (nSPS) is 10.6. The van der Waals surface area contributed by atoms with Gasteiger partial charge < -0.3 is 19.4 Å². The van der Waals surface area contributed by atoms with Gasteiger partial charge >= 0.3 is 0 Å². The van der Waals surface area contributed by atoms with Crippen molar-refractivity contribution in [1.29, 1.82) is 0 Å². The van der Waals surface area contributed by atoms with E-state index in [9.17, 15) is 4.79 Å². The summed E-state index contributed by atoms with van der Waals surface area (Å²) in [6.45, 7) is 8.58. The summed E-state index contributed by atoms with van der Waals surface area (Å²) in [7, 11) is 0. The Balaban J connectivity index is 1.54. The van der Waals surface area contributed by atoms with Crippen molar-refractivity contribution in [3.63, 3.8) is 0 Å². The Morgan fingerprint density at radius 1 is 0.933 bits per heavy atom. The Hall–Kier alpha value is -3.21. The molecule has 0 atom stereocenters. The van der Waals surface area contributed by atoms with Gasteiger partial charge in [0, 0.05) is 24.5 Å². The van der Waals surface area contributed by atoms with Gasteiger partial charge in [-0.25, -0.2) is 0 Å². The molecule has 3 aromatic rings. The van der Waals surface area contributed by atoms with Crippen LogP contribution >= 0.6 is 0 Å². The van der Waals surface area contributed by atoms with E-state index in [4.69, 9.17) is 9.15 Å². The van der Waals surface area contributed by atoms with E-state index >= 15 is 0 Å². The number of ether oxygens (including phenoxy) is 1. The Bertz CT molecular complexity index is 926.